The Bertz CT molecular complexity index is 2020. The van der Waals surface area contributed by atoms with Crippen LogP contribution in [0.15, 0.2) is 60.3 Å². The molecular weight excluding hydrogens is 720 g/mol. The summed E-state index contributed by atoms with van der Waals surface area (Å²) in [6.07, 6.45) is -2.73. The summed E-state index contributed by atoms with van der Waals surface area (Å²) in [5.41, 5.74) is 0.489. The summed E-state index contributed by atoms with van der Waals surface area (Å²) >= 11 is 12.5. The maximum atomic E-state index is 15.3. The second-order valence-electron chi connectivity index (χ2n) is 12.7. The summed E-state index contributed by atoms with van der Waals surface area (Å²) in [6.45, 7) is 0. The monoisotopic (exact) mass is 746 g/mol. The normalized spacial score (nSPS) is 27.2. The Morgan fingerprint density at radius 2 is 1.61 bits per heavy atom. The van der Waals surface area contributed by atoms with Gasteiger partial charge in [-0.05, 0) is 42.5 Å². The van der Waals surface area contributed by atoms with Gasteiger partial charge in [0.2, 0.25) is 0 Å². The van der Waals surface area contributed by atoms with Crippen molar-refractivity contribution in [1.29, 1.82) is 0 Å². The molecule has 0 radical (unpaired) electrons. The lowest BCUT2D eigenvalue weighted by atomic mass is 9.49. The Morgan fingerprint density at radius 1 is 0.961 bits per heavy atom. The minimum absolute atomic E-state index is 0.00783. The van der Waals surface area contributed by atoms with Crippen molar-refractivity contribution in [2.24, 2.45) is 23.7 Å². The van der Waals surface area contributed by atoms with Crippen molar-refractivity contribution in [3.63, 3.8) is 0 Å². The third-order valence-electron chi connectivity index (χ3n) is 10.4. The third-order valence-corrected chi connectivity index (χ3v) is 10.9. The number of hydroxylamine groups is 2. The topological polar surface area (TPSA) is 159 Å². The number of halogens is 5. The van der Waals surface area contributed by atoms with Gasteiger partial charge in [-0.3, -0.25) is 29.8 Å². The number of aromatic nitrogens is 1. The number of hydrazine groups is 1. The van der Waals surface area contributed by atoms with Crippen LogP contribution in [-0.2, 0) is 30.8 Å². The van der Waals surface area contributed by atoms with E-state index in [1.807, 2.05) is 0 Å². The molecule has 3 fully saturated rings. The fourth-order valence-electron chi connectivity index (χ4n) is 8.29. The molecule has 1 saturated carbocycles. The van der Waals surface area contributed by atoms with E-state index < -0.39 is 81.2 Å². The number of hydrogen-bond donors (Lipinski definition) is 3. The number of pyridine rings is 1. The lowest BCUT2D eigenvalue weighted by Crippen LogP contribution is -2.53. The predicted molar refractivity (Wildman–Crippen MR) is 172 cm³/mol. The summed E-state index contributed by atoms with van der Waals surface area (Å²) < 4.78 is 51.7. The number of amides is 4. The maximum absolute atomic E-state index is 15.3. The molecule has 2 saturated heterocycles. The zero-order chi connectivity index (χ0) is 36.7. The fraction of sp³-hybridized carbons (Fsp3) is 0.324. The Balaban J connectivity index is 1.50. The SMILES string of the molecule is COc1cc(O)cc(OC)c1C1C2=CCC3C(=O)N(O)C(=O)C3C2CC2C(=O)N(Nc3ncc(C(F)(F)F)cc3Cl)C(=O)C21c1ccc(Cl)cc1. The molecule has 3 aromatic rings. The van der Waals surface area contributed by atoms with Crippen molar-refractivity contribution in [1.82, 2.24) is 15.1 Å². The van der Waals surface area contributed by atoms with Gasteiger partial charge in [0, 0.05) is 34.8 Å². The van der Waals surface area contributed by atoms with E-state index in [1.165, 1.54) is 38.5 Å². The molecule has 2 aliphatic heterocycles. The van der Waals surface area contributed by atoms with E-state index in [0.717, 1.165) is 0 Å². The van der Waals surface area contributed by atoms with Gasteiger partial charge in [0.25, 0.3) is 23.6 Å². The molecule has 4 aliphatic rings. The van der Waals surface area contributed by atoms with Crippen LogP contribution < -0.4 is 14.9 Å². The number of anilines is 1. The van der Waals surface area contributed by atoms with Crippen LogP contribution in [0.1, 0.15) is 35.4 Å². The highest BCUT2D eigenvalue weighted by Crippen LogP contribution is 2.66. The van der Waals surface area contributed by atoms with Crippen molar-refractivity contribution >= 4 is 52.6 Å². The number of ether oxygens (including phenoxy) is 2. The van der Waals surface area contributed by atoms with Crippen LogP contribution in [0.2, 0.25) is 10.0 Å². The molecule has 0 spiro atoms. The Labute approximate surface area is 297 Å². The highest BCUT2D eigenvalue weighted by molar-refractivity contribution is 6.33. The van der Waals surface area contributed by atoms with Crippen LogP contribution in [0.25, 0.3) is 0 Å². The number of phenols is 1. The lowest BCUT2D eigenvalue weighted by Gasteiger charge is -2.50. The second kappa shape index (κ2) is 12.1. The molecule has 1 aromatic heterocycles. The number of aromatic hydroxyl groups is 1. The maximum Gasteiger partial charge on any atom is 0.417 e. The zero-order valence-electron chi connectivity index (χ0n) is 26.6. The number of allylic oxidation sites excluding steroid dienone is 2. The Kier molecular flexibility index (Phi) is 8.23. The smallest absolute Gasteiger partial charge is 0.417 e. The van der Waals surface area contributed by atoms with E-state index in [-0.39, 0.29) is 40.7 Å². The average molecular weight is 748 g/mol. The van der Waals surface area contributed by atoms with Crippen LogP contribution in [0.3, 0.4) is 0 Å². The van der Waals surface area contributed by atoms with Crippen molar-refractivity contribution in [3.8, 4) is 17.2 Å². The van der Waals surface area contributed by atoms with Gasteiger partial charge in [-0.2, -0.15) is 23.2 Å². The molecule has 7 rings (SSSR count). The third kappa shape index (κ3) is 5.04. The van der Waals surface area contributed by atoms with Gasteiger partial charge in [-0.15, -0.1) is 0 Å². The van der Waals surface area contributed by atoms with Crippen molar-refractivity contribution in [2.75, 3.05) is 19.6 Å². The second-order valence-corrected chi connectivity index (χ2v) is 13.5. The lowest BCUT2D eigenvalue weighted by molar-refractivity contribution is -0.173. The molecule has 12 nitrogen and oxygen atoms in total. The number of imide groups is 2. The molecule has 17 heteroatoms. The highest BCUT2D eigenvalue weighted by Gasteiger charge is 2.71. The number of hydrogen-bond acceptors (Lipinski definition) is 10. The summed E-state index contributed by atoms with van der Waals surface area (Å²) in [6, 6.07) is 9.35. The first-order valence-electron chi connectivity index (χ1n) is 15.5. The standard InChI is InChI=1S/C34H27Cl2F3N4O8/c1-50-23-10-17(44)11-24(51-2)26(23)27-18-7-8-19-25(31(47)43(49)29(19)45)20(18)12-21-30(46)42(32(48)33(21,27)14-3-5-16(35)6-4-14)41-28-22(36)9-15(13-40-28)34(37,38)39/h3-7,9-11,13,19-21,25,27,44,49H,8,12H2,1-2H3,(H,40,41). The summed E-state index contributed by atoms with van der Waals surface area (Å²) in [7, 11) is 2.65. The van der Waals surface area contributed by atoms with Gasteiger partial charge in [0.05, 0.1) is 48.0 Å². The minimum Gasteiger partial charge on any atom is -0.508 e. The molecule has 266 valence electrons. The van der Waals surface area contributed by atoms with Gasteiger partial charge in [-0.1, -0.05) is 47.0 Å². The van der Waals surface area contributed by atoms with Crippen LogP contribution in [0.5, 0.6) is 17.2 Å². The summed E-state index contributed by atoms with van der Waals surface area (Å²) in [5, 5.41) is 21.5. The quantitative estimate of drug-likeness (QED) is 0.167. The molecule has 6 unspecified atom stereocenters. The van der Waals surface area contributed by atoms with E-state index >= 15 is 4.79 Å². The molecule has 3 heterocycles. The number of rotatable bonds is 6. The first kappa shape index (κ1) is 34.6. The van der Waals surface area contributed by atoms with Crippen LogP contribution in [0.4, 0.5) is 19.0 Å². The first-order chi connectivity index (χ1) is 24.1. The number of benzene rings is 2. The van der Waals surface area contributed by atoms with Crippen LogP contribution >= 0.6 is 23.2 Å². The summed E-state index contributed by atoms with van der Waals surface area (Å²) in [4.78, 5) is 60.1. The summed E-state index contributed by atoms with van der Waals surface area (Å²) in [5.74, 6) is -9.33. The number of alkyl halides is 3. The number of nitrogens with one attached hydrogen (secondary N) is 1. The van der Waals surface area contributed by atoms with E-state index in [9.17, 15) is 37.9 Å². The first-order valence-corrected chi connectivity index (χ1v) is 16.3. The van der Waals surface area contributed by atoms with Crippen molar-refractivity contribution < 1.29 is 52.1 Å². The largest absolute Gasteiger partial charge is 0.508 e. The van der Waals surface area contributed by atoms with E-state index in [0.29, 0.717) is 33.4 Å². The van der Waals surface area contributed by atoms with E-state index in [2.05, 4.69) is 10.4 Å². The molecular formula is C34H27Cl2F3N4O8. The highest BCUT2D eigenvalue weighted by atomic mass is 35.5. The van der Waals surface area contributed by atoms with E-state index in [4.69, 9.17) is 32.7 Å². The fourth-order valence-corrected chi connectivity index (χ4v) is 8.62. The Hall–Kier alpha value is -4.86. The minimum atomic E-state index is -4.78. The molecule has 6 atom stereocenters. The number of carbonyl (C=O) groups is 4. The Morgan fingerprint density at radius 3 is 2.20 bits per heavy atom. The number of methoxy groups -OCH3 is 2. The zero-order valence-corrected chi connectivity index (χ0v) is 28.1. The predicted octanol–water partition coefficient (Wildman–Crippen LogP) is 5.50. The number of phenolic OH excluding ortho intramolecular Hbond substituents is 1. The van der Waals surface area contributed by atoms with Gasteiger partial charge < -0.3 is 14.6 Å². The molecule has 51 heavy (non-hydrogen) atoms. The number of nitrogens with zero attached hydrogens (tertiary/aromatic N) is 3. The van der Waals surface area contributed by atoms with Gasteiger partial charge in [0.1, 0.15) is 17.2 Å². The number of carbonyl (C=O) groups excluding carboxylic acids is 4. The number of fused-ring (bicyclic) bond motifs is 4. The molecule has 3 N–H and O–H groups in total. The molecule has 0 bridgehead atoms. The molecule has 2 aromatic carbocycles. The molecule has 2 aliphatic carbocycles. The van der Waals surface area contributed by atoms with Gasteiger partial charge in [0.15, 0.2) is 5.82 Å². The molecule has 4 amide bonds. The van der Waals surface area contributed by atoms with Crippen molar-refractivity contribution in [2.45, 2.75) is 30.4 Å². The van der Waals surface area contributed by atoms with Crippen molar-refractivity contribution in [3.05, 3.63) is 87.0 Å². The average Bonchev–Trinajstić information content (AvgIpc) is 3.45. The van der Waals surface area contributed by atoms with Gasteiger partial charge in [-0.25, -0.2) is 4.98 Å². The van der Waals surface area contributed by atoms with Crippen LogP contribution in [0, 0.1) is 23.7 Å². The van der Waals surface area contributed by atoms with E-state index in [1.54, 1.807) is 18.2 Å². The van der Waals surface area contributed by atoms with Gasteiger partial charge >= 0.3 is 6.18 Å². The van der Waals surface area contributed by atoms with Crippen LogP contribution in [-0.4, -0.2) is 63.2 Å².